The first-order chi connectivity index (χ1) is 9.72. The van der Waals surface area contributed by atoms with Crippen LogP contribution in [0.25, 0.3) is 0 Å². The Balaban J connectivity index is 1.73. The molecule has 1 aromatic carbocycles. The van der Waals surface area contributed by atoms with Gasteiger partial charge in [-0.3, -0.25) is 4.79 Å². The maximum absolute atomic E-state index is 11.8. The second-order valence-electron chi connectivity index (χ2n) is 4.75. The Morgan fingerprint density at radius 3 is 2.60 bits per heavy atom. The van der Waals surface area contributed by atoms with Crippen molar-refractivity contribution in [1.29, 1.82) is 0 Å². The molecule has 0 bridgehead atoms. The molecule has 2 heterocycles. The zero-order valence-corrected chi connectivity index (χ0v) is 11.8. The minimum absolute atomic E-state index is 0.107. The van der Waals surface area contributed by atoms with Crippen molar-refractivity contribution < 1.29 is 4.79 Å². The zero-order chi connectivity index (χ0) is 13.9. The van der Waals surface area contributed by atoms with E-state index in [0.29, 0.717) is 13.0 Å². The first-order valence-corrected chi connectivity index (χ1v) is 7.00. The monoisotopic (exact) mass is 285 g/mol. The van der Waals surface area contributed by atoms with Crippen LogP contribution in [-0.4, -0.2) is 22.7 Å². The molecule has 20 heavy (non-hydrogen) atoms. The van der Waals surface area contributed by atoms with Gasteiger partial charge in [-0.15, -0.1) is 0 Å². The highest BCUT2D eigenvalue weighted by atomic mass is 32.1. The lowest BCUT2D eigenvalue weighted by atomic mass is 10.3. The maximum Gasteiger partial charge on any atom is 0.228 e. The number of carbonyl (C=O) groups excluding carboxylic acids is 1. The fraction of sp³-hybridized carbons (Fsp3) is 0.200. The fourth-order valence-electron chi connectivity index (χ4n) is 2.23. The standard InChI is InChI=1S/C15H15N3OS/c19-15-8-13(20)10-18(15)12-6-7-14(16-9-12)17-11-4-2-1-3-5-11/h1-7,9,13,20H,8,10H2,(H,16,17). The maximum atomic E-state index is 11.8. The Bertz CT molecular complexity index is 600. The van der Waals surface area contributed by atoms with Crippen molar-refractivity contribution in [1.82, 2.24) is 4.98 Å². The summed E-state index contributed by atoms with van der Waals surface area (Å²) < 4.78 is 0. The molecule has 0 radical (unpaired) electrons. The molecule has 1 N–H and O–H groups in total. The molecule has 5 heteroatoms. The molecule has 2 aromatic rings. The molecule has 0 aliphatic carbocycles. The van der Waals surface area contributed by atoms with Gasteiger partial charge in [0.15, 0.2) is 0 Å². The topological polar surface area (TPSA) is 45.2 Å². The van der Waals surface area contributed by atoms with Crippen molar-refractivity contribution >= 4 is 35.7 Å². The Labute approximate surface area is 123 Å². The van der Waals surface area contributed by atoms with Gasteiger partial charge in [-0.25, -0.2) is 4.98 Å². The van der Waals surface area contributed by atoms with Gasteiger partial charge in [0.05, 0.1) is 11.9 Å². The number of anilines is 3. The largest absolute Gasteiger partial charge is 0.340 e. The number of para-hydroxylation sites is 1. The van der Waals surface area contributed by atoms with Gasteiger partial charge < -0.3 is 10.2 Å². The van der Waals surface area contributed by atoms with Crippen LogP contribution in [0.4, 0.5) is 17.2 Å². The minimum atomic E-state index is 0.107. The van der Waals surface area contributed by atoms with E-state index in [2.05, 4.69) is 22.9 Å². The van der Waals surface area contributed by atoms with Crippen molar-refractivity contribution in [3.63, 3.8) is 0 Å². The molecule has 1 aromatic heterocycles. The van der Waals surface area contributed by atoms with Crippen LogP contribution in [0.1, 0.15) is 6.42 Å². The van der Waals surface area contributed by atoms with Crippen LogP contribution in [0.3, 0.4) is 0 Å². The summed E-state index contributed by atoms with van der Waals surface area (Å²) in [6.07, 6.45) is 2.21. The number of thiol groups is 1. The van der Waals surface area contributed by atoms with Gasteiger partial charge in [-0.05, 0) is 24.3 Å². The third kappa shape index (κ3) is 2.77. The number of carbonyl (C=O) groups is 1. The molecule has 3 rings (SSSR count). The van der Waals surface area contributed by atoms with Crippen molar-refractivity contribution in [2.45, 2.75) is 11.7 Å². The molecule has 1 fully saturated rings. The Kier molecular flexibility index (Phi) is 3.60. The van der Waals surface area contributed by atoms with Crippen molar-refractivity contribution in [3.05, 3.63) is 48.7 Å². The number of pyridine rings is 1. The first-order valence-electron chi connectivity index (χ1n) is 6.49. The zero-order valence-electron chi connectivity index (χ0n) is 10.9. The van der Waals surface area contributed by atoms with Gasteiger partial charge >= 0.3 is 0 Å². The molecule has 102 valence electrons. The Hall–Kier alpha value is -2.01. The number of rotatable bonds is 3. The van der Waals surface area contributed by atoms with Crippen LogP contribution in [0, 0.1) is 0 Å². The highest BCUT2D eigenvalue weighted by molar-refractivity contribution is 7.81. The minimum Gasteiger partial charge on any atom is -0.340 e. The lowest BCUT2D eigenvalue weighted by Crippen LogP contribution is -2.24. The molecule has 1 aliphatic heterocycles. The molecular formula is C15H15N3OS. The summed E-state index contributed by atoms with van der Waals surface area (Å²) in [5.74, 6) is 0.865. The summed E-state index contributed by atoms with van der Waals surface area (Å²) in [7, 11) is 0. The summed E-state index contributed by atoms with van der Waals surface area (Å²) >= 11 is 4.35. The smallest absolute Gasteiger partial charge is 0.228 e. The quantitative estimate of drug-likeness (QED) is 0.852. The molecule has 1 atom stereocenters. The van der Waals surface area contributed by atoms with E-state index in [1.54, 1.807) is 11.1 Å². The van der Waals surface area contributed by atoms with E-state index in [0.717, 1.165) is 17.2 Å². The number of benzene rings is 1. The SMILES string of the molecule is O=C1CC(S)CN1c1ccc(Nc2ccccc2)nc1. The summed E-state index contributed by atoms with van der Waals surface area (Å²) in [6.45, 7) is 0.648. The van der Waals surface area contributed by atoms with E-state index in [4.69, 9.17) is 0 Å². The molecule has 0 spiro atoms. The number of nitrogens with one attached hydrogen (secondary N) is 1. The molecule has 0 saturated carbocycles. The molecule has 4 nitrogen and oxygen atoms in total. The van der Waals surface area contributed by atoms with E-state index in [1.165, 1.54) is 0 Å². The van der Waals surface area contributed by atoms with Crippen LogP contribution in [0.2, 0.25) is 0 Å². The summed E-state index contributed by atoms with van der Waals surface area (Å²) in [6, 6.07) is 13.6. The highest BCUT2D eigenvalue weighted by Crippen LogP contribution is 2.24. The van der Waals surface area contributed by atoms with E-state index in [1.807, 2.05) is 42.5 Å². The highest BCUT2D eigenvalue weighted by Gasteiger charge is 2.28. The van der Waals surface area contributed by atoms with Crippen LogP contribution in [0.5, 0.6) is 0 Å². The van der Waals surface area contributed by atoms with E-state index < -0.39 is 0 Å². The lowest BCUT2D eigenvalue weighted by Gasteiger charge is -2.16. The summed E-state index contributed by atoms with van der Waals surface area (Å²) in [4.78, 5) is 17.9. The number of amides is 1. The fourth-order valence-corrected chi connectivity index (χ4v) is 2.55. The van der Waals surface area contributed by atoms with Gasteiger partial charge in [0, 0.05) is 23.9 Å². The number of hydrogen-bond donors (Lipinski definition) is 2. The van der Waals surface area contributed by atoms with Crippen LogP contribution < -0.4 is 10.2 Å². The molecule has 1 unspecified atom stereocenters. The Morgan fingerprint density at radius 2 is 2.00 bits per heavy atom. The number of aromatic nitrogens is 1. The second kappa shape index (κ2) is 5.54. The van der Waals surface area contributed by atoms with E-state index >= 15 is 0 Å². The predicted octanol–water partition coefficient (Wildman–Crippen LogP) is 2.86. The summed E-state index contributed by atoms with van der Waals surface area (Å²) in [5.41, 5.74) is 1.81. The molecule has 1 aliphatic rings. The van der Waals surface area contributed by atoms with Gasteiger partial charge in [-0.2, -0.15) is 12.6 Å². The number of hydrogen-bond acceptors (Lipinski definition) is 4. The average molecular weight is 285 g/mol. The van der Waals surface area contributed by atoms with Gasteiger partial charge in [0.2, 0.25) is 5.91 Å². The van der Waals surface area contributed by atoms with Crippen molar-refractivity contribution in [3.8, 4) is 0 Å². The van der Waals surface area contributed by atoms with Crippen molar-refractivity contribution in [2.75, 3.05) is 16.8 Å². The third-order valence-electron chi connectivity index (χ3n) is 3.21. The van der Waals surface area contributed by atoms with Crippen LogP contribution in [-0.2, 0) is 4.79 Å². The van der Waals surface area contributed by atoms with Crippen LogP contribution in [0.15, 0.2) is 48.7 Å². The normalized spacial score (nSPS) is 18.4. The number of nitrogens with zero attached hydrogens (tertiary/aromatic N) is 2. The average Bonchev–Trinajstić information content (AvgIpc) is 2.80. The third-order valence-corrected chi connectivity index (χ3v) is 3.56. The lowest BCUT2D eigenvalue weighted by molar-refractivity contribution is -0.117. The van der Waals surface area contributed by atoms with Crippen LogP contribution >= 0.6 is 12.6 Å². The van der Waals surface area contributed by atoms with Gasteiger partial charge in [0.25, 0.3) is 0 Å². The second-order valence-corrected chi connectivity index (χ2v) is 5.49. The predicted molar refractivity (Wildman–Crippen MR) is 83.7 cm³/mol. The Morgan fingerprint density at radius 1 is 1.20 bits per heavy atom. The van der Waals surface area contributed by atoms with E-state index in [-0.39, 0.29) is 11.2 Å². The van der Waals surface area contributed by atoms with Crippen molar-refractivity contribution in [2.24, 2.45) is 0 Å². The van der Waals surface area contributed by atoms with Gasteiger partial charge in [-0.1, -0.05) is 18.2 Å². The summed E-state index contributed by atoms with van der Waals surface area (Å²) in [5, 5.41) is 3.33. The first kappa shape index (κ1) is 13.0. The molecular weight excluding hydrogens is 270 g/mol. The molecule has 1 amide bonds. The van der Waals surface area contributed by atoms with Gasteiger partial charge in [0.1, 0.15) is 5.82 Å². The molecule has 1 saturated heterocycles. The van der Waals surface area contributed by atoms with E-state index in [9.17, 15) is 4.79 Å².